The third-order valence-electron chi connectivity index (χ3n) is 6.13. The van der Waals surface area contributed by atoms with Crippen molar-refractivity contribution in [2.75, 3.05) is 37.6 Å². The smallest absolute Gasteiger partial charge is 0.354 e. The molecular weight excluding hydrogens is 523 g/mol. The fourth-order valence-corrected chi connectivity index (χ4v) is 4.06. The van der Waals surface area contributed by atoms with Crippen LogP contribution in [0.25, 0.3) is 11.3 Å². The van der Waals surface area contributed by atoms with Gasteiger partial charge in [0.05, 0.1) is 17.6 Å². The molecule has 3 heterocycles. The Labute approximate surface area is 245 Å². The number of benzene rings is 1. The van der Waals surface area contributed by atoms with Gasteiger partial charge in [-0.1, -0.05) is 72.8 Å². The zero-order valence-electron chi connectivity index (χ0n) is 26.1. The topological polar surface area (TPSA) is 37.2 Å². The van der Waals surface area contributed by atoms with Crippen molar-refractivity contribution in [3.05, 3.63) is 90.2 Å². The number of halogens is 3. The predicted octanol–water partition coefficient (Wildman–Crippen LogP) is 8.84. The van der Waals surface area contributed by atoms with Crippen molar-refractivity contribution >= 4 is 11.4 Å². The first-order valence-electron chi connectivity index (χ1n) is 14.6. The Balaban J connectivity index is 0.00000110. The van der Waals surface area contributed by atoms with Crippen molar-refractivity contribution in [3.63, 3.8) is 0 Å². The molecule has 0 radical (unpaired) electrons. The lowest BCUT2D eigenvalue weighted by Crippen LogP contribution is -2.47. The van der Waals surface area contributed by atoms with E-state index in [0.717, 1.165) is 60.0 Å². The summed E-state index contributed by atoms with van der Waals surface area (Å²) < 4.78 is 40.3. The van der Waals surface area contributed by atoms with E-state index in [1.807, 2.05) is 57.2 Å². The minimum Gasteiger partial charge on any atom is -0.354 e. The number of aryl methyl sites for hydroxylation is 1. The van der Waals surface area contributed by atoms with Crippen LogP contribution in [0.15, 0.2) is 73.3 Å². The molecule has 0 atom stereocenters. The highest BCUT2D eigenvalue weighted by Gasteiger charge is 2.31. The summed E-state index contributed by atoms with van der Waals surface area (Å²) in [6, 6.07) is 10.8. The van der Waals surface area contributed by atoms with Crippen LogP contribution in [0.2, 0.25) is 0 Å². The summed E-state index contributed by atoms with van der Waals surface area (Å²) in [5, 5.41) is 0. The zero-order chi connectivity index (χ0) is 31.0. The van der Waals surface area contributed by atoms with Gasteiger partial charge in [-0.3, -0.25) is 4.90 Å². The number of rotatable bonds is 6. The Bertz CT molecular complexity index is 1170. The molecule has 1 fully saturated rings. The number of alkyl halides is 3. The van der Waals surface area contributed by atoms with Gasteiger partial charge in [0.15, 0.2) is 0 Å². The molecule has 1 aliphatic rings. The molecule has 0 saturated carbocycles. The molecule has 41 heavy (non-hydrogen) atoms. The summed E-state index contributed by atoms with van der Waals surface area (Å²) in [4.78, 5) is 12.7. The van der Waals surface area contributed by atoms with E-state index in [1.165, 1.54) is 12.5 Å². The Morgan fingerprint density at radius 2 is 1.51 bits per heavy atom. The normalized spacial score (nSPS) is 13.6. The number of aromatic nitrogens is 3. The Kier molecular flexibility index (Phi) is 15.8. The predicted molar refractivity (Wildman–Crippen MR) is 168 cm³/mol. The SMILES string of the molecule is C=C(/C(=C\C)CN1CCN(c2ccc(C(F)(F)F)cn2)CC1)c1ccc(-n2cnc(C)c2)cc1.CC.CC.CCC. The molecular formula is C33H48F3N5. The molecule has 1 aromatic carbocycles. The number of pyridine rings is 1. The van der Waals surface area contributed by atoms with E-state index in [1.54, 1.807) is 6.33 Å². The van der Waals surface area contributed by atoms with Crippen LogP contribution >= 0.6 is 0 Å². The van der Waals surface area contributed by atoms with Gasteiger partial charge in [-0.05, 0) is 54.8 Å². The number of allylic oxidation sites excluding steroid dienone is 1. The van der Waals surface area contributed by atoms with Crippen molar-refractivity contribution in [2.45, 2.75) is 68.0 Å². The third-order valence-corrected chi connectivity index (χ3v) is 6.13. The average molecular weight is 572 g/mol. The van der Waals surface area contributed by atoms with Crippen LogP contribution in [0.5, 0.6) is 0 Å². The van der Waals surface area contributed by atoms with E-state index in [4.69, 9.17) is 0 Å². The van der Waals surface area contributed by atoms with Crippen LogP contribution in [-0.4, -0.2) is 52.2 Å². The summed E-state index contributed by atoms with van der Waals surface area (Å²) in [6.45, 7) is 24.3. The van der Waals surface area contributed by atoms with Crippen molar-refractivity contribution in [2.24, 2.45) is 0 Å². The summed E-state index contributed by atoms with van der Waals surface area (Å²) in [5.41, 5.74) is 4.52. The van der Waals surface area contributed by atoms with Gasteiger partial charge in [-0.25, -0.2) is 9.97 Å². The maximum Gasteiger partial charge on any atom is 0.417 e. The molecule has 0 bridgehead atoms. The Hall–Kier alpha value is -3.39. The Morgan fingerprint density at radius 3 is 1.95 bits per heavy atom. The molecule has 1 aliphatic heterocycles. The van der Waals surface area contributed by atoms with Crippen molar-refractivity contribution in [1.82, 2.24) is 19.4 Å². The molecule has 0 aliphatic carbocycles. The summed E-state index contributed by atoms with van der Waals surface area (Å²) in [5.74, 6) is 0.580. The highest BCUT2D eigenvalue weighted by molar-refractivity contribution is 5.78. The molecule has 1 saturated heterocycles. The first kappa shape index (κ1) is 35.6. The molecule has 5 nitrogen and oxygen atoms in total. The molecule has 0 N–H and O–H groups in total. The number of hydrogen-bond donors (Lipinski definition) is 0. The molecule has 0 spiro atoms. The van der Waals surface area contributed by atoms with Crippen LogP contribution in [0.3, 0.4) is 0 Å². The second-order valence-electron chi connectivity index (χ2n) is 9.13. The monoisotopic (exact) mass is 571 g/mol. The molecule has 3 aromatic rings. The minimum absolute atomic E-state index is 0.580. The van der Waals surface area contributed by atoms with Crippen molar-refractivity contribution in [1.29, 1.82) is 0 Å². The standard InChI is InChI=1S/C26H28F3N5.C3H8.2C2H6/c1-4-21(20(3)22-5-8-24(9-6-22)34-16-19(2)31-18-34)17-32-11-13-33(14-12-32)25-10-7-23(15-30-25)26(27,28)29;1-3-2;2*1-2/h4-10,15-16,18H,3,11-14,17H2,1-2H3;3H2,1-2H3;2*1-2H3/b21-4-;;;. The summed E-state index contributed by atoms with van der Waals surface area (Å²) in [7, 11) is 0. The van der Waals surface area contributed by atoms with Gasteiger partial charge >= 0.3 is 6.18 Å². The van der Waals surface area contributed by atoms with E-state index in [9.17, 15) is 13.2 Å². The van der Waals surface area contributed by atoms with Crippen LogP contribution in [0, 0.1) is 6.92 Å². The van der Waals surface area contributed by atoms with Gasteiger partial charge in [0.25, 0.3) is 0 Å². The van der Waals surface area contributed by atoms with E-state index < -0.39 is 11.7 Å². The Morgan fingerprint density at radius 1 is 0.927 bits per heavy atom. The molecule has 0 unspecified atom stereocenters. The van der Waals surface area contributed by atoms with Gasteiger partial charge in [-0.2, -0.15) is 13.2 Å². The largest absolute Gasteiger partial charge is 0.417 e. The van der Waals surface area contributed by atoms with Gasteiger partial charge in [-0.15, -0.1) is 0 Å². The summed E-state index contributed by atoms with van der Waals surface area (Å²) >= 11 is 0. The van der Waals surface area contributed by atoms with Crippen LogP contribution in [0.4, 0.5) is 19.0 Å². The lowest BCUT2D eigenvalue weighted by atomic mass is 9.98. The first-order valence-corrected chi connectivity index (χ1v) is 14.6. The maximum atomic E-state index is 12.8. The van der Waals surface area contributed by atoms with E-state index in [2.05, 4.69) is 65.6 Å². The van der Waals surface area contributed by atoms with Crippen LogP contribution in [0.1, 0.15) is 71.7 Å². The number of imidazole rings is 1. The number of hydrogen-bond acceptors (Lipinski definition) is 4. The average Bonchev–Trinajstić information content (AvgIpc) is 3.44. The number of anilines is 1. The maximum absolute atomic E-state index is 12.8. The molecule has 2 aromatic heterocycles. The number of nitrogens with zero attached hydrogens (tertiary/aromatic N) is 5. The molecule has 226 valence electrons. The van der Waals surface area contributed by atoms with Gasteiger partial charge in [0.2, 0.25) is 0 Å². The highest BCUT2D eigenvalue weighted by Crippen LogP contribution is 2.30. The lowest BCUT2D eigenvalue weighted by molar-refractivity contribution is -0.137. The van der Waals surface area contributed by atoms with Gasteiger partial charge in [0.1, 0.15) is 5.82 Å². The molecule has 0 amide bonds. The molecule has 8 heteroatoms. The minimum atomic E-state index is -4.37. The highest BCUT2D eigenvalue weighted by atomic mass is 19.4. The molecule has 4 rings (SSSR count). The van der Waals surface area contributed by atoms with E-state index >= 15 is 0 Å². The first-order chi connectivity index (χ1) is 19.7. The van der Waals surface area contributed by atoms with Crippen molar-refractivity contribution < 1.29 is 13.2 Å². The van der Waals surface area contributed by atoms with Crippen LogP contribution in [-0.2, 0) is 6.18 Å². The second kappa shape index (κ2) is 18.1. The van der Waals surface area contributed by atoms with Crippen LogP contribution < -0.4 is 4.90 Å². The zero-order valence-corrected chi connectivity index (χ0v) is 26.1. The summed E-state index contributed by atoms with van der Waals surface area (Å²) in [6.07, 6.45) is 3.67. The third kappa shape index (κ3) is 10.8. The van der Waals surface area contributed by atoms with E-state index in [0.29, 0.717) is 18.9 Å². The van der Waals surface area contributed by atoms with Crippen molar-refractivity contribution in [3.8, 4) is 5.69 Å². The van der Waals surface area contributed by atoms with E-state index in [-0.39, 0.29) is 0 Å². The number of piperazine rings is 1. The van der Waals surface area contributed by atoms with Gasteiger partial charge < -0.3 is 9.47 Å². The fourth-order valence-electron chi connectivity index (χ4n) is 4.06. The second-order valence-corrected chi connectivity index (χ2v) is 9.13. The quantitative estimate of drug-likeness (QED) is 0.277. The van der Waals surface area contributed by atoms with Gasteiger partial charge in [0, 0.05) is 50.8 Å². The lowest BCUT2D eigenvalue weighted by Gasteiger charge is -2.36. The fraction of sp³-hybridized carbons (Fsp3) is 0.455.